The van der Waals surface area contributed by atoms with E-state index in [1.54, 1.807) is 0 Å². The van der Waals surface area contributed by atoms with Crippen molar-refractivity contribution < 1.29 is 14.7 Å². The van der Waals surface area contributed by atoms with Crippen molar-refractivity contribution in [2.75, 3.05) is 11.1 Å². The van der Waals surface area contributed by atoms with Crippen molar-refractivity contribution in [2.45, 2.75) is 71.1 Å². The molecule has 0 fully saturated rings. The Balaban J connectivity index is 2.20. The first-order valence-corrected chi connectivity index (χ1v) is 8.97. The maximum Gasteiger partial charge on any atom is 0.335 e. The van der Waals surface area contributed by atoms with E-state index in [1.807, 2.05) is 0 Å². The lowest BCUT2D eigenvalue weighted by Gasteiger charge is -2.09. The lowest BCUT2D eigenvalue weighted by atomic mass is 10.1. The predicted molar refractivity (Wildman–Crippen MR) is 98.3 cm³/mol. The van der Waals surface area contributed by atoms with E-state index >= 15 is 0 Å². The van der Waals surface area contributed by atoms with Crippen LogP contribution in [0.1, 0.15) is 81.5 Å². The molecule has 0 spiro atoms. The molecule has 24 heavy (non-hydrogen) atoms. The molecular formula is C19H30N2O3. The molecule has 0 radical (unpaired) electrons. The Bertz CT molecular complexity index is 529. The first kappa shape index (κ1) is 20.0. The molecule has 0 aliphatic rings. The van der Waals surface area contributed by atoms with Gasteiger partial charge in [-0.25, -0.2) is 4.79 Å². The van der Waals surface area contributed by atoms with Gasteiger partial charge in [-0.05, 0) is 24.6 Å². The van der Waals surface area contributed by atoms with Crippen LogP contribution in [-0.2, 0) is 4.79 Å². The number of anilines is 2. The van der Waals surface area contributed by atoms with Crippen molar-refractivity contribution in [2.24, 2.45) is 0 Å². The lowest BCUT2D eigenvalue weighted by Crippen LogP contribution is -2.13. The molecule has 1 amide bonds. The summed E-state index contributed by atoms with van der Waals surface area (Å²) in [6.45, 7) is 2.22. The highest BCUT2D eigenvalue weighted by atomic mass is 16.4. The van der Waals surface area contributed by atoms with Crippen LogP contribution < -0.4 is 11.1 Å². The van der Waals surface area contributed by atoms with Crippen LogP contribution in [0.2, 0.25) is 0 Å². The molecule has 0 aliphatic heterocycles. The summed E-state index contributed by atoms with van der Waals surface area (Å²) in [5, 5.41) is 11.7. The highest BCUT2D eigenvalue weighted by Crippen LogP contribution is 2.20. The zero-order chi connectivity index (χ0) is 17.8. The number of nitrogens with two attached hydrogens (primary N) is 1. The van der Waals surface area contributed by atoms with Crippen LogP contribution in [0, 0.1) is 0 Å². The zero-order valence-electron chi connectivity index (χ0n) is 14.6. The standard InChI is InChI=1S/C19H30N2O3/c1-2-3-4-5-6-7-8-9-10-11-18(22)21-17-14-15(19(23)24)12-13-16(17)20/h12-14H,2-11,20H2,1H3,(H,21,22)(H,23,24). The van der Waals surface area contributed by atoms with Gasteiger partial charge in [0, 0.05) is 6.42 Å². The Kier molecular flexibility index (Phi) is 9.58. The van der Waals surface area contributed by atoms with Gasteiger partial charge in [-0.15, -0.1) is 0 Å². The molecule has 1 aromatic carbocycles. The molecule has 0 aromatic heterocycles. The van der Waals surface area contributed by atoms with Gasteiger partial charge in [0.1, 0.15) is 0 Å². The molecule has 5 nitrogen and oxygen atoms in total. The topological polar surface area (TPSA) is 92.4 Å². The van der Waals surface area contributed by atoms with Gasteiger partial charge >= 0.3 is 5.97 Å². The second-order valence-electron chi connectivity index (χ2n) is 6.23. The molecule has 0 heterocycles. The molecule has 134 valence electrons. The number of hydrogen-bond acceptors (Lipinski definition) is 3. The number of carbonyl (C=O) groups is 2. The number of unbranched alkanes of at least 4 members (excludes halogenated alkanes) is 8. The van der Waals surface area contributed by atoms with E-state index in [4.69, 9.17) is 10.8 Å². The molecule has 0 bridgehead atoms. The van der Waals surface area contributed by atoms with E-state index in [0.717, 1.165) is 19.3 Å². The van der Waals surface area contributed by atoms with Crippen molar-refractivity contribution >= 4 is 23.3 Å². The largest absolute Gasteiger partial charge is 0.478 e. The van der Waals surface area contributed by atoms with Crippen LogP contribution in [0.15, 0.2) is 18.2 Å². The Labute approximate surface area is 144 Å². The van der Waals surface area contributed by atoms with Crippen molar-refractivity contribution in [3.05, 3.63) is 23.8 Å². The number of amides is 1. The Morgan fingerprint density at radius 1 is 1.00 bits per heavy atom. The van der Waals surface area contributed by atoms with E-state index in [2.05, 4.69) is 12.2 Å². The maximum atomic E-state index is 11.9. The van der Waals surface area contributed by atoms with Gasteiger partial charge in [-0.3, -0.25) is 4.79 Å². The number of rotatable bonds is 12. The summed E-state index contributed by atoms with van der Waals surface area (Å²) in [5.74, 6) is -1.16. The predicted octanol–water partition coefficient (Wildman–Crippen LogP) is 4.83. The van der Waals surface area contributed by atoms with E-state index < -0.39 is 5.97 Å². The fraction of sp³-hybridized carbons (Fsp3) is 0.579. The second kappa shape index (κ2) is 11.5. The number of hydrogen-bond donors (Lipinski definition) is 3. The lowest BCUT2D eigenvalue weighted by molar-refractivity contribution is -0.116. The molecule has 5 heteroatoms. The minimum Gasteiger partial charge on any atom is -0.478 e. The van der Waals surface area contributed by atoms with Gasteiger partial charge in [-0.2, -0.15) is 0 Å². The van der Waals surface area contributed by atoms with E-state index in [9.17, 15) is 9.59 Å². The minimum atomic E-state index is -1.04. The Morgan fingerprint density at radius 2 is 1.58 bits per heavy atom. The first-order valence-electron chi connectivity index (χ1n) is 8.97. The molecule has 0 unspecified atom stereocenters. The van der Waals surface area contributed by atoms with E-state index in [0.29, 0.717) is 17.8 Å². The number of carboxylic acids is 1. The van der Waals surface area contributed by atoms with E-state index in [-0.39, 0.29) is 11.5 Å². The molecule has 0 atom stereocenters. The summed E-state index contributed by atoms with van der Waals surface area (Å²) < 4.78 is 0. The van der Waals surface area contributed by atoms with Crippen molar-refractivity contribution in [1.82, 2.24) is 0 Å². The number of carbonyl (C=O) groups excluding carboxylic acids is 1. The van der Waals surface area contributed by atoms with Gasteiger partial charge < -0.3 is 16.2 Å². The average Bonchev–Trinajstić information content (AvgIpc) is 2.55. The molecule has 0 saturated heterocycles. The highest BCUT2D eigenvalue weighted by Gasteiger charge is 2.09. The fourth-order valence-corrected chi connectivity index (χ4v) is 2.61. The third kappa shape index (κ3) is 7.99. The molecule has 1 rings (SSSR count). The zero-order valence-corrected chi connectivity index (χ0v) is 14.6. The summed E-state index contributed by atoms with van der Waals surface area (Å²) in [7, 11) is 0. The van der Waals surface area contributed by atoms with Crippen LogP contribution in [0.25, 0.3) is 0 Å². The SMILES string of the molecule is CCCCCCCCCCCC(=O)Nc1cc(C(=O)O)ccc1N. The van der Waals surface area contributed by atoms with Crippen LogP contribution >= 0.6 is 0 Å². The molecule has 0 saturated carbocycles. The highest BCUT2D eigenvalue weighted by molar-refractivity contribution is 5.97. The van der Waals surface area contributed by atoms with Gasteiger partial charge in [0.05, 0.1) is 16.9 Å². The summed E-state index contributed by atoms with van der Waals surface area (Å²) >= 11 is 0. The number of benzene rings is 1. The smallest absolute Gasteiger partial charge is 0.335 e. The summed E-state index contributed by atoms with van der Waals surface area (Å²) in [4.78, 5) is 22.9. The Hall–Kier alpha value is -2.04. The normalized spacial score (nSPS) is 10.5. The van der Waals surface area contributed by atoms with Crippen LogP contribution in [0.3, 0.4) is 0 Å². The first-order chi connectivity index (χ1) is 11.5. The second-order valence-corrected chi connectivity index (χ2v) is 6.23. The minimum absolute atomic E-state index is 0.113. The number of nitrogen functional groups attached to an aromatic ring is 1. The average molecular weight is 334 g/mol. The Morgan fingerprint density at radius 3 is 2.17 bits per heavy atom. The maximum absolute atomic E-state index is 11.9. The molecule has 0 aliphatic carbocycles. The molecule has 1 aromatic rings. The number of carboxylic acid groups (broad SMARTS) is 1. The van der Waals surface area contributed by atoms with Gasteiger partial charge in [0.25, 0.3) is 0 Å². The summed E-state index contributed by atoms with van der Waals surface area (Å²) in [6, 6.07) is 4.32. The molecule has 4 N–H and O–H groups in total. The monoisotopic (exact) mass is 334 g/mol. The van der Waals surface area contributed by atoms with Crippen LogP contribution in [0.5, 0.6) is 0 Å². The molecular weight excluding hydrogens is 304 g/mol. The number of nitrogens with one attached hydrogen (secondary N) is 1. The quantitative estimate of drug-likeness (QED) is 0.377. The van der Waals surface area contributed by atoms with Crippen LogP contribution in [-0.4, -0.2) is 17.0 Å². The third-order valence-corrected chi connectivity index (χ3v) is 4.08. The van der Waals surface area contributed by atoms with Crippen LogP contribution in [0.4, 0.5) is 11.4 Å². The van der Waals surface area contributed by atoms with Gasteiger partial charge in [0.15, 0.2) is 0 Å². The van der Waals surface area contributed by atoms with Gasteiger partial charge in [-0.1, -0.05) is 58.3 Å². The fourth-order valence-electron chi connectivity index (χ4n) is 2.61. The summed E-state index contributed by atoms with van der Waals surface area (Å²) in [6.07, 6.45) is 11.3. The number of aromatic carboxylic acids is 1. The summed E-state index contributed by atoms with van der Waals surface area (Å²) in [5.41, 5.74) is 6.63. The van der Waals surface area contributed by atoms with E-state index in [1.165, 1.54) is 56.7 Å². The van der Waals surface area contributed by atoms with Crippen molar-refractivity contribution in [1.29, 1.82) is 0 Å². The third-order valence-electron chi connectivity index (χ3n) is 4.08. The van der Waals surface area contributed by atoms with Crippen molar-refractivity contribution in [3.63, 3.8) is 0 Å². The van der Waals surface area contributed by atoms with Crippen molar-refractivity contribution in [3.8, 4) is 0 Å². The van der Waals surface area contributed by atoms with Gasteiger partial charge in [0.2, 0.25) is 5.91 Å².